The van der Waals surface area contributed by atoms with E-state index in [9.17, 15) is 4.79 Å². The van der Waals surface area contributed by atoms with Crippen molar-refractivity contribution in [1.82, 2.24) is 9.88 Å². The number of pyridine rings is 1. The third kappa shape index (κ3) is 4.84. The van der Waals surface area contributed by atoms with E-state index in [0.29, 0.717) is 13.1 Å². The Labute approximate surface area is 109 Å². The molecule has 0 amide bonds. The van der Waals surface area contributed by atoms with Gasteiger partial charge < -0.3 is 5.11 Å². The first kappa shape index (κ1) is 14.6. The second-order valence-electron chi connectivity index (χ2n) is 5.56. The Bertz CT molecular complexity index is 393. The zero-order chi connectivity index (χ0) is 13.8. The Hall–Kier alpha value is -1.42. The lowest BCUT2D eigenvalue weighted by Crippen LogP contribution is -2.42. The van der Waals surface area contributed by atoms with Crippen LogP contribution in [0.2, 0.25) is 0 Å². The molecule has 1 heterocycles. The van der Waals surface area contributed by atoms with Gasteiger partial charge in [-0.05, 0) is 39.3 Å². The van der Waals surface area contributed by atoms with Crippen molar-refractivity contribution in [3.05, 3.63) is 29.6 Å². The molecule has 1 N–H and O–H groups in total. The zero-order valence-corrected chi connectivity index (χ0v) is 11.6. The second kappa shape index (κ2) is 5.96. The topological polar surface area (TPSA) is 53.4 Å². The van der Waals surface area contributed by atoms with Crippen molar-refractivity contribution in [1.29, 1.82) is 0 Å². The molecule has 0 fully saturated rings. The predicted octanol–water partition coefficient (Wildman–Crippen LogP) is 2.47. The van der Waals surface area contributed by atoms with Crippen LogP contribution in [0.3, 0.4) is 0 Å². The molecule has 0 bridgehead atoms. The number of aryl methyl sites for hydroxylation is 1. The van der Waals surface area contributed by atoms with Crippen LogP contribution in [0.25, 0.3) is 0 Å². The minimum absolute atomic E-state index is 0.0674. The Balaban J connectivity index is 2.72. The maximum absolute atomic E-state index is 10.7. The van der Waals surface area contributed by atoms with Crippen molar-refractivity contribution in [3.8, 4) is 0 Å². The van der Waals surface area contributed by atoms with E-state index in [1.165, 1.54) is 0 Å². The zero-order valence-electron chi connectivity index (χ0n) is 11.6. The summed E-state index contributed by atoms with van der Waals surface area (Å²) < 4.78 is 0. The van der Waals surface area contributed by atoms with Gasteiger partial charge in [0.05, 0.1) is 12.1 Å². The van der Waals surface area contributed by atoms with Crippen LogP contribution in [0.15, 0.2) is 18.3 Å². The summed E-state index contributed by atoms with van der Waals surface area (Å²) in [6, 6.07) is 4.02. The summed E-state index contributed by atoms with van der Waals surface area (Å²) in [7, 11) is 0. The largest absolute Gasteiger partial charge is 0.481 e. The molecule has 100 valence electrons. The average Bonchev–Trinajstić information content (AvgIpc) is 2.24. The highest BCUT2D eigenvalue weighted by atomic mass is 16.4. The van der Waals surface area contributed by atoms with Gasteiger partial charge in [0.25, 0.3) is 0 Å². The maximum Gasteiger partial charge on any atom is 0.304 e. The molecule has 0 saturated carbocycles. The SMILES string of the molecule is Cc1ccc(CN(CCC(=O)O)C(C)(C)C)nc1. The minimum Gasteiger partial charge on any atom is -0.481 e. The Kier molecular flexibility index (Phi) is 4.84. The van der Waals surface area contributed by atoms with Crippen LogP contribution in [0, 0.1) is 6.92 Å². The van der Waals surface area contributed by atoms with Gasteiger partial charge in [-0.15, -0.1) is 0 Å². The molecule has 0 spiro atoms. The van der Waals surface area contributed by atoms with Crippen LogP contribution in [0.4, 0.5) is 0 Å². The number of hydrogen-bond acceptors (Lipinski definition) is 3. The fraction of sp³-hybridized carbons (Fsp3) is 0.571. The highest BCUT2D eigenvalue weighted by molar-refractivity contribution is 5.66. The number of aromatic nitrogens is 1. The molecule has 0 aliphatic rings. The van der Waals surface area contributed by atoms with Crippen LogP contribution >= 0.6 is 0 Å². The molecule has 0 aliphatic carbocycles. The molecule has 0 atom stereocenters. The second-order valence-corrected chi connectivity index (χ2v) is 5.56. The predicted molar refractivity (Wildman–Crippen MR) is 71.4 cm³/mol. The summed E-state index contributed by atoms with van der Waals surface area (Å²) in [6.45, 7) is 9.48. The van der Waals surface area contributed by atoms with Crippen LogP contribution in [-0.2, 0) is 11.3 Å². The maximum atomic E-state index is 10.7. The van der Waals surface area contributed by atoms with Gasteiger partial charge in [-0.3, -0.25) is 14.7 Å². The van der Waals surface area contributed by atoms with Crippen molar-refractivity contribution in [2.75, 3.05) is 6.54 Å². The fourth-order valence-electron chi connectivity index (χ4n) is 1.67. The van der Waals surface area contributed by atoms with Crippen LogP contribution < -0.4 is 0 Å². The lowest BCUT2D eigenvalue weighted by Gasteiger charge is -2.35. The van der Waals surface area contributed by atoms with Gasteiger partial charge in [0.2, 0.25) is 0 Å². The van der Waals surface area contributed by atoms with E-state index in [1.807, 2.05) is 25.3 Å². The van der Waals surface area contributed by atoms with E-state index in [2.05, 4.69) is 30.7 Å². The number of carboxylic acid groups (broad SMARTS) is 1. The molecule has 1 aromatic rings. The molecule has 0 saturated heterocycles. The summed E-state index contributed by atoms with van der Waals surface area (Å²) in [5, 5.41) is 8.79. The van der Waals surface area contributed by atoms with E-state index in [1.54, 1.807) is 0 Å². The minimum atomic E-state index is -0.763. The number of hydrogen-bond donors (Lipinski definition) is 1. The summed E-state index contributed by atoms with van der Waals surface area (Å²) in [5.74, 6) is -0.763. The molecular formula is C14H22N2O2. The average molecular weight is 250 g/mol. The van der Waals surface area contributed by atoms with Crippen LogP contribution in [0.1, 0.15) is 38.4 Å². The first-order valence-corrected chi connectivity index (χ1v) is 6.17. The quantitative estimate of drug-likeness (QED) is 0.872. The lowest BCUT2D eigenvalue weighted by molar-refractivity contribution is -0.137. The number of rotatable bonds is 5. The van der Waals surface area contributed by atoms with Crippen molar-refractivity contribution < 1.29 is 9.90 Å². The van der Waals surface area contributed by atoms with Crippen molar-refractivity contribution in [2.45, 2.75) is 46.2 Å². The normalized spacial score (nSPS) is 11.8. The van der Waals surface area contributed by atoms with Crippen molar-refractivity contribution >= 4 is 5.97 Å². The summed E-state index contributed by atoms with van der Waals surface area (Å²) in [4.78, 5) is 17.2. The Morgan fingerprint density at radius 3 is 2.50 bits per heavy atom. The number of carbonyl (C=O) groups is 1. The Morgan fingerprint density at radius 1 is 1.39 bits per heavy atom. The number of nitrogens with zero attached hydrogens (tertiary/aromatic N) is 2. The van der Waals surface area contributed by atoms with Gasteiger partial charge in [-0.25, -0.2) is 0 Å². The highest BCUT2D eigenvalue weighted by Crippen LogP contribution is 2.17. The first-order chi connectivity index (χ1) is 8.29. The van der Waals surface area contributed by atoms with E-state index in [-0.39, 0.29) is 12.0 Å². The number of aliphatic carboxylic acids is 1. The van der Waals surface area contributed by atoms with Crippen molar-refractivity contribution in [3.63, 3.8) is 0 Å². The summed E-state index contributed by atoms with van der Waals surface area (Å²) in [6.07, 6.45) is 2.00. The fourth-order valence-corrected chi connectivity index (χ4v) is 1.67. The van der Waals surface area contributed by atoms with E-state index in [4.69, 9.17) is 5.11 Å². The third-order valence-corrected chi connectivity index (χ3v) is 2.87. The van der Waals surface area contributed by atoms with Crippen molar-refractivity contribution in [2.24, 2.45) is 0 Å². The van der Waals surface area contributed by atoms with Gasteiger partial charge in [0, 0.05) is 24.8 Å². The lowest BCUT2D eigenvalue weighted by atomic mass is 10.0. The highest BCUT2D eigenvalue weighted by Gasteiger charge is 2.22. The van der Waals surface area contributed by atoms with Crippen LogP contribution in [-0.4, -0.2) is 33.0 Å². The smallest absolute Gasteiger partial charge is 0.304 e. The van der Waals surface area contributed by atoms with E-state index in [0.717, 1.165) is 11.3 Å². The monoisotopic (exact) mass is 250 g/mol. The number of carboxylic acids is 1. The molecule has 1 rings (SSSR count). The molecule has 0 aliphatic heterocycles. The molecule has 0 radical (unpaired) electrons. The van der Waals surface area contributed by atoms with Gasteiger partial charge in [-0.2, -0.15) is 0 Å². The molecule has 0 aromatic carbocycles. The molecule has 1 aromatic heterocycles. The van der Waals surface area contributed by atoms with Gasteiger partial charge in [-0.1, -0.05) is 6.07 Å². The summed E-state index contributed by atoms with van der Waals surface area (Å²) in [5.41, 5.74) is 2.04. The third-order valence-electron chi connectivity index (χ3n) is 2.87. The Morgan fingerprint density at radius 2 is 2.06 bits per heavy atom. The first-order valence-electron chi connectivity index (χ1n) is 6.17. The van der Waals surface area contributed by atoms with Gasteiger partial charge in [0.15, 0.2) is 0 Å². The molecule has 18 heavy (non-hydrogen) atoms. The van der Waals surface area contributed by atoms with Gasteiger partial charge >= 0.3 is 5.97 Å². The molecule has 4 nitrogen and oxygen atoms in total. The molecule has 0 unspecified atom stereocenters. The van der Waals surface area contributed by atoms with Crippen LogP contribution in [0.5, 0.6) is 0 Å². The standard InChI is InChI=1S/C14H22N2O2/c1-11-5-6-12(15-9-11)10-16(14(2,3)4)8-7-13(17)18/h5-6,9H,7-8,10H2,1-4H3,(H,17,18). The van der Waals surface area contributed by atoms with E-state index < -0.39 is 5.97 Å². The van der Waals surface area contributed by atoms with Gasteiger partial charge in [0.1, 0.15) is 0 Å². The molecular weight excluding hydrogens is 228 g/mol. The van der Waals surface area contributed by atoms with E-state index >= 15 is 0 Å². The summed E-state index contributed by atoms with van der Waals surface area (Å²) >= 11 is 0. The molecule has 4 heteroatoms.